The molecule has 3 heteroatoms. The molecule has 0 N–H and O–H groups in total. The minimum Gasteiger partial charge on any atom is -0.378 e. The van der Waals surface area contributed by atoms with Crippen molar-refractivity contribution >= 4 is 5.91 Å². The van der Waals surface area contributed by atoms with Crippen molar-refractivity contribution in [3.05, 3.63) is 0 Å². The summed E-state index contributed by atoms with van der Waals surface area (Å²) in [5.41, 5.74) is 0. The van der Waals surface area contributed by atoms with Gasteiger partial charge in [0.1, 0.15) is 0 Å². The van der Waals surface area contributed by atoms with Crippen molar-refractivity contribution in [2.75, 3.05) is 26.3 Å². The number of rotatable bonds is 15. The van der Waals surface area contributed by atoms with Gasteiger partial charge in [-0.3, -0.25) is 4.79 Å². The van der Waals surface area contributed by atoms with Crippen molar-refractivity contribution in [1.29, 1.82) is 0 Å². The number of hydrogen-bond donors (Lipinski definition) is 0. The van der Waals surface area contributed by atoms with E-state index < -0.39 is 0 Å². The second-order valence-corrected chi connectivity index (χ2v) is 7.96. The molecule has 0 saturated carbocycles. The summed E-state index contributed by atoms with van der Waals surface area (Å²) in [6.45, 7) is 7.66. The van der Waals surface area contributed by atoms with Crippen LogP contribution in [0.1, 0.15) is 104 Å². The molecule has 0 aromatic rings. The molecule has 1 aliphatic rings. The molecule has 148 valence electrons. The summed E-state index contributed by atoms with van der Waals surface area (Å²) in [7, 11) is 0. The van der Waals surface area contributed by atoms with Crippen molar-refractivity contribution in [2.24, 2.45) is 5.92 Å². The maximum absolute atomic E-state index is 12.1. The van der Waals surface area contributed by atoms with Crippen LogP contribution in [0.4, 0.5) is 0 Å². The molecule has 1 rings (SSSR count). The third-order valence-corrected chi connectivity index (χ3v) is 5.50. The van der Waals surface area contributed by atoms with Gasteiger partial charge in [-0.05, 0) is 12.3 Å². The highest BCUT2D eigenvalue weighted by atomic mass is 16.5. The smallest absolute Gasteiger partial charge is 0.222 e. The molecule has 0 spiro atoms. The van der Waals surface area contributed by atoms with Crippen molar-refractivity contribution < 1.29 is 9.53 Å². The van der Waals surface area contributed by atoms with Crippen LogP contribution >= 0.6 is 0 Å². The van der Waals surface area contributed by atoms with Crippen LogP contribution in [0.3, 0.4) is 0 Å². The molecule has 25 heavy (non-hydrogen) atoms. The normalized spacial score (nSPS) is 16.2. The Morgan fingerprint density at radius 2 is 1.36 bits per heavy atom. The molecule has 1 unspecified atom stereocenters. The summed E-state index contributed by atoms with van der Waals surface area (Å²) < 4.78 is 5.30. The van der Waals surface area contributed by atoms with E-state index in [-0.39, 0.29) is 0 Å². The Morgan fingerprint density at radius 1 is 0.840 bits per heavy atom. The Labute approximate surface area is 156 Å². The third kappa shape index (κ3) is 12.4. The second kappa shape index (κ2) is 15.7. The molecule has 1 heterocycles. The van der Waals surface area contributed by atoms with Gasteiger partial charge in [0, 0.05) is 19.5 Å². The highest BCUT2D eigenvalue weighted by Crippen LogP contribution is 2.18. The molecule has 1 fully saturated rings. The Bertz CT molecular complexity index is 313. The standard InChI is InChI=1S/C22H43NO2/c1-3-4-5-6-7-8-9-10-11-14-21(2)15-12-13-16-22(24)23-17-19-25-20-18-23/h21H,3-20H2,1-2H3. The second-order valence-electron chi connectivity index (χ2n) is 7.96. The molecule has 0 aromatic heterocycles. The molecule has 1 saturated heterocycles. The van der Waals surface area contributed by atoms with E-state index in [1.165, 1.54) is 77.0 Å². The fourth-order valence-corrected chi connectivity index (χ4v) is 3.69. The van der Waals surface area contributed by atoms with E-state index in [1.807, 2.05) is 4.90 Å². The summed E-state index contributed by atoms with van der Waals surface area (Å²) in [5.74, 6) is 1.15. The van der Waals surface area contributed by atoms with Crippen molar-refractivity contribution in [3.63, 3.8) is 0 Å². The predicted molar refractivity (Wildman–Crippen MR) is 107 cm³/mol. The van der Waals surface area contributed by atoms with Gasteiger partial charge in [0.05, 0.1) is 13.2 Å². The molecule has 1 atom stereocenters. The number of carbonyl (C=O) groups is 1. The van der Waals surface area contributed by atoms with Gasteiger partial charge in [-0.1, -0.05) is 90.9 Å². The van der Waals surface area contributed by atoms with Crippen LogP contribution < -0.4 is 0 Å². The van der Waals surface area contributed by atoms with Gasteiger partial charge < -0.3 is 9.64 Å². The lowest BCUT2D eigenvalue weighted by molar-refractivity contribution is -0.135. The first-order chi connectivity index (χ1) is 12.2. The van der Waals surface area contributed by atoms with Crippen molar-refractivity contribution in [2.45, 2.75) is 104 Å². The summed E-state index contributed by atoms with van der Waals surface area (Å²) in [6, 6.07) is 0. The summed E-state index contributed by atoms with van der Waals surface area (Å²) in [4.78, 5) is 14.0. The average Bonchev–Trinajstić information content (AvgIpc) is 2.64. The number of hydrogen-bond acceptors (Lipinski definition) is 2. The molecule has 0 bridgehead atoms. The SMILES string of the molecule is CCCCCCCCCCCC(C)CCCCC(=O)N1CCOCC1. The number of nitrogens with zero attached hydrogens (tertiary/aromatic N) is 1. The lowest BCUT2D eigenvalue weighted by Gasteiger charge is -2.26. The summed E-state index contributed by atoms with van der Waals surface area (Å²) in [5, 5.41) is 0. The van der Waals surface area contributed by atoms with Gasteiger partial charge in [-0.25, -0.2) is 0 Å². The van der Waals surface area contributed by atoms with Crippen LogP contribution in [0.5, 0.6) is 0 Å². The van der Waals surface area contributed by atoms with Crippen molar-refractivity contribution in [3.8, 4) is 0 Å². The zero-order valence-electron chi connectivity index (χ0n) is 17.1. The average molecular weight is 354 g/mol. The predicted octanol–water partition coefficient (Wildman–Crippen LogP) is 5.96. The minimum atomic E-state index is 0.329. The molecular formula is C22H43NO2. The summed E-state index contributed by atoms with van der Waals surface area (Å²) in [6.07, 6.45) is 18.4. The van der Waals surface area contributed by atoms with Gasteiger partial charge in [0.15, 0.2) is 0 Å². The van der Waals surface area contributed by atoms with E-state index in [2.05, 4.69) is 13.8 Å². The maximum atomic E-state index is 12.1. The fraction of sp³-hybridized carbons (Fsp3) is 0.955. The van der Waals surface area contributed by atoms with Crippen LogP contribution in [0.15, 0.2) is 0 Å². The zero-order chi connectivity index (χ0) is 18.2. The van der Waals surface area contributed by atoms with Gasteiger partial charge in [0.2, 0.25) is 5.91 Å². The first-order valence-corrected chi connectivity index (χ1v) is 11.1. The Hall–Kier alpha value is -0.570. The fourth-order valence-electron chi connectivity index (χ4n) is 3.69. The van der Waals surface area contributed by atoms with Crippen LogP contribution in [-0.4, -0.2) is 37.1 Å². The van der Waals surface area contributed by atoms with Crippen molar-refractivity contribution in [1.82, 2.24) is 4.90 Å². The van der Waals surface area contributed by atoms with E-state index in [4.69, 9.17) is 4.74 Å². The quantitative estimate of drug-likeness (QED) is 0.340. The van der Waals surface area contributed by atoms with Gasteiger partial charge in [-0.2, -0.15) is 0 Å². The molecule has 3 nitrogen and oxygen atoms in total. The lowest BCUT2D eigenvalue weighted by atomic mass is 9.96. The van der Waals surface area contributed by atoms with Crippen LogP contribution in [-0.2, 0) is 9.53 Å². The topological polar surface area (TPSA) is 29.5 Å². The summed E-state index contributed by atoms with van der Waals surface area (Å²) >= 11 is 0. The van der Waals surface area contributed by atoms with E-state index in [0.29, 0.717) is 19.1 Å². The number of ether oxygens (including phenoxy) is 1. The molecule has 1 amide bonds. The number of morpholine rings is 1. The number of unbranched alkanes of at least 4 members (excludes halogenated alkanes) is 9. The minimum absolute atomic E-state index is 0.329. The largest absolute Gasteiger partial charge is 0.378 e. The molecule has 0 radical (unpaired) electrons. The van der Waals surface area contributed by atoms with E-state index in [9.17, 15) is 4.79 Å². The lowest BCUT2D eigenvalue weighted by Crippen LogP contribution is -2.40. The van der Waals surface area contributed by atoms with Crippen LogP contribution in [0.25, 0.3) is 0 Å². The Morgan fingerprint density at radius 3 is 1.96 bits per heavy atom. The first-order valence-electron chi connectivity index (χ1n) is 11.1. The maximum Gasteiger partial charge on any atom is 0.222 e. The van der Waals surface area contributed by atoms with Crippen LogP contribution in [0, 0.1) is 5.92 Å². The number of carbonyl (C=O) groups excluding carboxylic acids is 1. The first kappa shape index (κ1) is 22.5. The van der Waals surface area contributed by atoms with E-state index in [1.54, 1.807) is 0 Å². The van der Waals surface area contributed by atoms with E-state index >= 15 is 0 Å². The van der Waals surface area contributed by atoms with Gasteiger partial charge in [0.25, 0.3) is 0 Å². The highest BCUT2D eigenvalue weighted by Gasteiger charge is 2.16. The molecule has 1 aliphatic heterocycles. The molecule has 0 aliphatic carbocycles. The van der Waals surface area contributed by atoms with Gasteiger partial charge in [-0.15, -0.1) is 0 Å². The monoisotopic (exact) mass is 353 g/mol. The highest BCUT2D eigenvalue weighted by molar-refractivity contribution is 5.76. The zero-order valence-corrected chi connectivity index (χ0v) is 17.1. The molecule has 0 aromatic carbocycles. The Kier molecular flexibility index (Phi) is 14.1. The van der Waals surface area contributed by atoms with Crippen LogP contribution in [0.2, 0.25) is 0 Å². The number of amides is 1. The molecular weight excluding hydrogens is 310 g/mol. The van der Waals surface area contributed by atoms with E-state index in [0.717, 1.165) is 31.8 Å². The third-order valence-electron chi connectivity index (χ3n) is 5.50. The van der Waals surface area contributed by atoms with Gasteiger partial charge >= 0.3 is 0 Å². The Balaban J connectivity index is 1.85.